The van der Waals surface area contributed by atoms with Gasteiger partial charge < -0.3 is 5.32 Å². The van der Waals surface area contributed by atoms with E-state index in [1.807, 2.05) is 18.2 Å². The summed E-state index contributed by atoms with van der Waals surface area (Å²) in [5, 5.41) is 7.67. The summed E-state index contributed by atoms with van der Waals surface area (Å²) in [6.45, 7) is 5.17. The predicted octanol–water partition coefficient (Wildman–Crippen LogP) is 2.73. The zero-order valence-corrected chi connectivity index (χ0v) is 13.9. The van der Waals surface area contributed by atoms with E-state index in [0.717, 1.165) is 12.8 Å². The molecule has 5 nitrogen and oxygen atoms in total. The molecule has 0 aliphatic carbocycles. The van der Waals surface area contributed by atoms with Crippen molar-refractivity contribution in [3.8, 4) is 0 Å². The molecule has 23 heavy (non-hydrogen) atoms. The number of carbonyl (C=O) groups is 1. The number of nitrogens with zero attached hydrogens (tertiary/aromatic N) is 2. The van der Waals surface area contributed by atoms with Gasteiger partial charge in [0.05, 0.1) is 11.7 Å². The second-order valence-corrected chi connectivity index (χ2v) is 5.90. The van der Waals surface area contributed by atoms with Crippen LogP contribution in [0.15, 0.2) is 35.3 Å². The lowest BCUT2D eigenvalue weighted by Gasteiger charge is -2.16. The third kappa shape index (κ3) is 4.65. The van der Waals surface area contributed by atoms with Gasteiger partial charge in [-0.05, 0) is 24.5 Å². The first-order chi connectivity index (χ1) is 11.2. The van der Waals surface area contributed by atoms with Crippen molar-refractivity contribution in [2.45, 2.75) is 46.1 Å². The summed E-state index contributed by atoms with van der Waals surface area (Å²) in [7, 11) is 0. The van der Waals surface area contributed by atoms with Gasteiger partial charge in [-0.3, -0.25) is 14.3 Å². The van der Waals surface area contributed by atoms with E-state index in [4.69, 9.17) is 0 Å². The largest absolute Gasteiger partial charge is 0.354 e. The highest BCUT2D eigenvalue weighted by Crippen LogP contribution is 2.11. The fourth-order valence-electron chi connectivity index (χ4n) is 2.68. The molecule has 1 amide bonds. The molecule has 0 radical (unpaired) electrons. The first-order valence-corrected chi connectivity index (χ1v) is 8.37. The molecule has 0 fully saturated rings. The minimum absolute atomic E-state index is 0.0683. The monoisotopic (exact) mass is 315 g/mol. The van der Waals surface area contributed by atoms with E-state index in [-0.39, 0.29) is 17.9 Å². The molecule has 0 saturated carbocycles. The first-order valence-electron chi connectivity index (χ1n) is 8.37. The van der Waals surface area contributed by atoms with Gasteiger partial charge in [-0.1, -0.05) is 45.2 Å². The number of hydrogen-bond acceptors (Lipinski definition) is 3. The van der Waals surface area contributed by atoms with Crippen molar-refractivity contribution in [3.63, 3.8) is 0 Å². The highest BCUT2D eigenvalue weighted by Gasteiger charge is 2.10. The van der Waals surface area contributed by atoms with Gasteiger partial charge in [0.2, 0.25) is 11.3 Å². The molecule has 0 bridgehead atoms. The van der Waals surface area contributed by atoms with Gasteiger partial charge in [0.25, 0.3) is 0 Å². The molecule has 1 aromatic carbocycles. The third-order valence-electron chi connectivity index (χ3n) is 4.19. The molecule has 0 unspecified atom stereocenters. The molecule has 2 rings (SSSR count). The second kappa shape index (κ2) is 8.46. The van der Waals surface area contributed by atoms with Crippen LogP contribution in [0, 0.1) is 5.92 Å². The van der Waals surface area contributed by atoms with Crippen molar-refractivity contribution >= 4 is 16.8 Å². The van der Waals surface area contributed by atoms with E-state index in [1.54, 1.807) is 10.7 Å². The van der Waals surface area contributed by atoms with Crippen molar-refractivity contribution in [2.75, 3.05) is 6.54 Å². The first kappa shape index (κ1) is 17.2. The molecule has 5 heteroatoms. The normalized spacial score (nSPS) is 12.3. The van der Waals surface area contributed by atoms with Crippen LogP contribution in [-0.2, 0) is 11.3 Å². The average Bonchev–Trinajstić information content (AvgIpc) is 2.58. The molecular formula is C18H25N3O2. The van der Waals surface area contributed by atoms with Crippen molar-refractivity contribution < 1.29 is 4.79 Å². The molecule has 1 heterocycles. The molecular weight excluding hydrogens is 290 g/mol. The smallest absolute Gasteiger partial charge is 0.241 e. The van der Waals surface area contributed by atoms with Gasteiger partial charge in [0, 0.05) is 11.9 Å². The Hall–Kier alpha value is -2.17. The van der Waals surface area contributed by atoms with Crippen LogP contribution in [-0.4, -0.2) is 22.2 Å². The zero-order valence-electron chi connectivity index (χ0n) is 13.9. The molecule has 1 aromatic heterocycles. The highest BCUT2D eigenvalue weighted by molar-refractivity contribution is 5.81. The van der Waals surface area contributed by atoms with Gasteiger partial charge in [-0.2, -0.15) is 5.10 Å². The summed E-state index contributed by atoms with van der Waals surface area (Å²) in [4.78, 5) is 24.0. The summed E-state index contributed by atoms with van der Waals surface area (Å²) in [6, 6.07) is 7.22. The number of para-hydroxylation sites is 1. The van der Waals surface area contributed by atoms with Crippen LogP contribution in [0.1, 0.15) is 39.5 Å². The van der Waals surface area contributed by atoms with Gasteiger partial charge >= 0.3 is 0 Å². The summed E-state index contributed by atoms with van der Waals surface area (Å²) in [5.41, 5.74) is 0.566. The molecule has 1 atom stereocenters. The van der Waals surface area contributed by atoms with Crippen LogP contribution in [0.3, 0.4) is 0 Å². The Labute approximate surface area is 136 Å². The Balaban J connectivity index is 2.01. The molecule has 2 aromatic rings. The molecule has 0 saturated heterocycles. The number of amides is 1. The van der Waals surface area contributed by atoms with E-state index in [9.17, 15) is 9.59 Å². The lowest BCUT2D eigenvalue weighted by Crippen LogP contribution is -2.33. The van der Waals surface area contributed by atoms with Crippen LogP contribution in [0.25, 0.3) is 10.9 Å². The quantitative estimate of drug-likeness (QED) is 0.814. The van der Waals surface area contributed by atoms with Gasteiger partial charge in [-0.15, -0.1) is 0 Å². The maximum atomic E-state index is 12.2. The fourth-order valence-corrected chi connectivity index (χ4v) is 2.68. The lowest BCUT2D eigenvalue weighted by molar-refractivity contribution is -0.122. The van der Waals surface area contributed by atoms with E-state index >= 15 is 0 Å². The van der Waals surface area contributed by atoms with Crippen LogP contribution < -0.4 is 10.7 Å². The number of hydrogen-bond donors (Lipinski definition) is 1. The van der Waals surface area contributed by atoms with E-state index in [1.165, 1.54) is 19.0 Å². The molecule has 1 N–H and O–H groups in total. The Morgan fingerprint density at radius 1 is 1.30 bits per heavy atom. The number of fused-ring (bicyclic) bond motifs is 1. The Morgan fingerprint density at radius 3 is 2.83 bits per heavy atom. The second-order valence-electron chi connectivity index (χ2n) is 5.90. The molecule has 0 aliphatic rings. The summed E-state index contributed by atoms with van der Waals surface area (Å²) in [5.74, 6) is 0.457. The summed E-state index contributed by atoms with van der Waals surface area (Å²) in [6.07, 6.45) is 5.86. The van der Waals surface area contributed by atoms with Crippen LogP contribution in [0.2, 0.25) is 0 Å². The third-order valence-corrected chi connectivity index (χ3v) is 4.19. The zero-order chi connectivity index (χ0) is 16.7. The van der Waals surface area contributed by atoms with Gasteiger partial charge in [0.1, 0.15) is 6.54 Å². The van der Waals surface area contributed by atoms with Crippen molar-refractivity contribution in [1.29, 1.82) is 0 Å². The van der Waals surface area contributed by atoms with Crippen LogP contribution in [0.5, 0.6) is 0 Å². The van der Waals surface area contributed by atoms with E-state index < -0.39 is 0 Å². The fraction of sp³-hybridized carbons (Fsp3) is 0.500. The number of nitrogens with one attached hydrogen (secondary N) is 1. The van der Waals surface area contributed by atoms with E-state index in [0.29, 0.717) is 23.4 Å². The highest BCUT2D eigenvalue weighted by atomic mass is 16.2. The topological polar surface area (TPSA) is 64.0 Å². The molecule has 0 spiro atoms. The maximum absolute atomic E-state index is 12.2. The Morgan fingerprint density at radius 2 is 2.09 bits per heavy atom. The summed E-state index contributed by atoms with van der Waals surface area (Å²) < 4.78 is 1.58. The molecule has 0 aliphatic heterocycles. The maximum Gasteiger partial charge on any atom is 0.241 e. The summed E-state index contributed by atoms with van der Waals surface area (Å²) >= 11 is 0. The SMILES string of the molecule is CCCC[C@H](CC)CNC(=O)Cn1ncc(=O)c2ccccc21. The van der Waals surface area contributed by atoms with Crippen LogP contribution >= 0.6 is 0 Å². The van der Waals surface area contributed by atoms with Crippen molar-refractivity contribution in [1.82, 2.24) is 15.1 Å². The Kier molecular flexibility index (Phi) is 6.32. The molecule has 124 valence electrons. The van der Waals surface area contributed by atoms with Gasteiger partial charge in [-0.25, -0.2) is 0 Å². The van der Waals surface area contributed by atoms with Gasteiger partial charge in [0.15, 0.2) is 0 Å². The number of carbonyl (C=O) groups excluding carboxylic acids is 1. The van der Waals surface area contributed by atoms with Crippen LogP contribution in [0.4, 0.5) is 0 Å². The standard InChI is InChI=1S/C18H25N3O2/c1-3-5-8-14(4-2)11-19-18(23)13-21-16-10-7-6-9-15(16)17(22)12-20-21/h6-7,9-10,12,14H,3-5,8,11,13H2,1-2H3,(H,19,23)/t14-/m0/s1. The Bertz CT molecular complexity index is 709. The van der Waals surface area contributed by atoms with Crippen molar-refractivity contribution in [2.24, 2.45) is 5.92 Å². The van der Waals surface area contributed by atoms with E-state index in [2.05, 4.69) is 24.3 Å². The number of unbranched alkanes of at least 4 members (excludes halogenated alkanes) is 1. The number of aromatic nitrogens is 2. The number of rotatable bonds is 8. The lowest BCUT2D eigenvalue weighted by atomic mass is 9.99. The predicted molar refractivity (Wildman–Crippen MR) is 92.3 cm³/mol. The minimum Gasteiger partial charge on any atom is -0.354 e. The minimum atomic E-state index is -0.122. The number of benzene rings is 1. The average molecular weight is 315 g/mol. The van der Waals surface area contributed by atoms with Crippen molar-refractivity contribution in [3.05, 3.63) is 40.7 Å².